The molecule has 1 saturated heterocycles. The highest BCUT2D eigenvalue weighted by atomic mass is 16.4. The Morgan fingerprint density at radius 1 is 1.18 bits per heavy atom. The number of aryl methyl sites for hydroxylation is 1. The van der Waals surface area contributed by atoms with Crippen LogP contribution in [0.25, 0.3) is 11.3 Å². The number of rotatable bonds is 5. The van der Waals surface area contributed by atoms with Gasteiger partial charge in [0.15, 0.2) is 5.76 Å². The van der Waals surface area contributed by atoms with E-state index >= 15 is 0 Å². The van der Waals surface area contributed by atoms with Crippen molar-refractivity contribution in [3.05, 3.63) is 65.9 Å². The van der Waals surface area contributed by atoms with E-state index in [0.717, 1.165) is 37.3 Å². The largest absolute Gasteiger partial charge is 0.451 e. The maximum Gasteiger partial charge on any atom is 0.289 e. The molecule has 0 spiro atoms. The molecule has 0 saturated carbocycles. The van der Waals surface area contributed by atoms with Crippen molar-refractivity contribution < 1.29 is 14.0 Å². The molecule has 3 aromatic rings. The summed E-state index contributed by atoms with van der Waals surface area (Å²) in [6.45, 7) is 1.91. The number of amides is 2. The zero-order valence-corrected chi connectivity index (χ0v) is 15.7. The van der Waals surface area contributed by atoms with Crippen LogP contribution in [0.15, 0.2) is 53.2 Å². The second-order valence-corrected chi connectivity index (χ2v) is 6.88. The molecule has 2 amide bonds. The smallest absolute Gasteiger partial charge is 0.289 e. The fourth-order valence-electron chi connectivity index (χ4n) is 3.33. The number of furan rings is 1. The number of benzene rings is 1. The van der Waals surface area contributed by atoms with E-state index in [-0.39, 0.29) is 11.8 Å². The molecule has 0 radical (unpaired) electrons. The molecule has 144 valence electrons. The van der Waals surface area contributed by atoms with Gasteiger partial charge in [-0.2, -0.15) is 0 Å². The Morgan fingerprint density at radius 2 is 2.00 bits per heavy atom. The van der Waals surface area contributed by atoms with Crippen LogP contribution < -0.4 is 5.32 Å². The predicted molar refractivity (Wildman–Crippen MR) is 104 cm³/mol. The lowest BCUT2D eigenvalue weighted by molar-refractivity contribution is 0.0762. The standard InChI is InChI=1S/C21H22N4O3/c1-24-12-9-22-19(24)14-23-20(26)16-6-4-5-15(13-16)17-7-8-18(28-17)21(27)25-10-2-3-11-25/h4-9,12-13H,2-3,10-11,14H2,1H3,(H,23,26). The van der Waals surface area contributed by atoms with Crippen LogP contribution in [0.4, 0.5) is 0 Å². The summed E-state index contributed by atoms with van der Waals surface area (Å²) >= 11 is 0. The monoisotopic (exact) mass is 378 g/mol. The molecular weight excluding hydrogens is 356 g/mol. The van der Waals surface area contributed by atoms with E-state index < -0.39 is 0 Å². The van der Waals surface area contributed by atoms with Gasteiger partial charge in [-0.1, -0.05) is 12.1 Å². The lowest BCUT2D eigenvalue weighted by Gasteiger charge is -2.12. The van der Waals surface area contributed by atoms with Gasteiger partial charge in [-0.3, -0.25) is 9.59 Å². The minimum Gasteiger partial charge on any atom is -0.451 e. The molecule has 1 aromatic carbocycles. The van der Waals surface area contributed by atoms with Gasteiger partial charge >= 0.3 is 0 Å². The van der Waals surface area contributed by atoms with Crippen molar-refractivity contribution in [3.63, 3.8) is 0 Å². The van der Waals surface area contributed by atoms with Gasteiger partial charge in [0.05, 0.1) is 6.54 Å². The van der Waals surface area contributed by atoms with Crippen molar-refractivity contribution in [1.29, 1.82) is 0 Å². The summed E-state index contributed by atoms with van der Waals surface area (Å²) in [5, 5.41) is 2.87. The van der Waals surface area contributed by atoms with Crippen LogP contribution in [0.3, 0.4) is 0 Å². The quantitative estimate of drug-likeness (QED) is 0.740. The first-order chi connectivity index (χ1) is 13.6. The third-order valence-electron chi connectivity index (χ3n) is 4.95. The molecule has 1 N–H and O–H groups in total. The molecule has 1 fully saturated rings. The number of hydrogen-bond acceptors (Lipinski definition) is 4. The van der Waals surface area contributed by atoms with E-state index in [1.165, 1.54) is 0 Å². The van der Waals surface area contributed by atoms with Crippen LogP contribution in [0.2, 0.25) is 0 Å². The fourth-order valence-corrected chi connectivity index (χ4v) is 3.33. The number of hydrogen-bond donors (Lipinski definition) is 1. The molecule has 4 rings (SSSR count). The Hall–Kier alpha value is -3.35. The Labute approximate surface area is 163 Å². The summed E-state index contributed by atoms with van der Waals surface area (Å²) in [7, 11) is 1.88. The normalized spacial score (nSPS) is 13.7. The summed E-state index contributed by atoms with van der Waals surface area (Å²) in [6, 6.07) is 10.6. The van der Waals surface area contributed by atoms with Crippen LogP contribution in [0.1, 0.15) is 39.6 Å². The number of carbonyl (C=O) groups excluding carboxylic acids is 2. The number of nitrogens with zero attached hydrogens (tertiary/aromatic N) is 3. The first kappa shape index (κ1) is 18.0. The molecule has 0 bridgehead atoms. The Morgan fingerprint density at radius 3 is 2.75 bits per heavy atom. The molecule has 0 atom stereocenters. The Bertz CT molecular complexity index is 999. The highest BCUT2D eigenvalue weighted by Gasteiger charge is 2.22. The summed E-state index contributed by atoms with van der Waals surface area (Å²) < 4.78 is 7.64. The van der Waals surface area contributed by atoms with Crippen molar-refractivity contribution in [1.82, 2.24) is 19.8 Å². The van der Waals surface area contributed by atoms with E-state index in [9.17, 15) is 9.59 Å². The third kappa shape index (κ3) is 3.69. The van der Waals surface area contributed by atoms with E-state index in [4.69, 9.17) is 4.42 Å². The molecular formula is C21H22N4O3. The first-order valence-electron chi connectivity index (χ1n) is 9.36. The minimum atomic E-state index is -0.190. The van der Waals surface area contributed by atoms with Gasteiger partial charge < -0.3 is 19.2 Å². The minimum absolute atomic E-state index is 0.0762. The fraction of sp³-hybridized carbons (Fsp3) is 0.286. The van der Waals surface area contributed by atoms with Gasteiger partial charge in [0, 0.05) is 43.7 Å². The van der Waals surface area contributed by atoms with E-state index in [1.54, 1.807) is 36.5 Å². The molecule has 7 nitrogen and oxygen atoms in total. The van der Waals surface area contributed by atoms with Crippen molar-refractivity contribution in [2.24, 2.45) is 7.05 Å². The maximum atomic E-state index is 12.5. The highest BCUT2D eigenvalue weighted by Crippen LogP contribution is 2.24. The molecule has 1 aliphatic rings. The zero-order chi connectivity index (χ0) is 19.5. The Kier molecular flexibility index (Phi) is 4.97. The second kappa shape index (κ2) is 7.72. The van der Waals surface area contributed by atoms with Gasteiger partial charge in [0.25, 0.3) is 11.8 Å². The summed E-state index contributed by atoms with van der Waals surface area (Å²) in [4.78, 5) is 30.9. The average Bonchev–Trinajstić information content (AvgIpc) is 3.47. The molecule has 1 aliphatic heterocycles. The number of likely N-dealkylation sites (tertiary alicyclic amines) is 1. The molecule has 3 heterocycles. The van der Waals surface area contributed by atoms with Crippen LogP contribution in [0, 0.1) is 0 Å². The van der Waals surface area contributed by atoms with Gasteiger partial charge in [-0.25, -0.2) is 4.98 Å². The van der Waals surface area contributed by atoms with Crippen molar-refractivity contribution in [2.75, 3.05) is 13.1 Å². The lowest BCUT2D eigenvalue weighted by atomic mass is 10.1. The second-order valence-electron chi connectivity index (χ2n) is 6.88. The number of carbonyl (C=O) groups is 2. The van der Waals surface area contributed by atoms with E-state index in [0.29, 0.717) is 23.6 Å². The maximum absolute atomic E-state index is 12.5. The SMILES string of the molecule is Cn1ccnc1CNC(=O)c1cccc(-c2ccc(C(=O)N3CCCC3)o2)c1. The Balaban J connectivity index is 1.47. The average molecular weight is 378 g/mol. The van der Waals surface area contributed by atoms with Gasteiger partial charge in [-0.05, 0) is 37.1 Å². The summed E-state index contributed by atoms with van der Waals surface area (Å²) in [5.41, 5.74) is 1.28. The predicted octanol–water partition coefficient (Wildman–Crippen LogP) is 2.85. The molecule has 28 heavy (non-hydrogen) atoms. The van der Waals surface area contributed by atoms with Gasteiger partial charge in [-0.15, -0.1) is 0 Å². The molecule has 0 aliphatic carbocycles. The summed E-state index contributed by atoms with van der Waals surface area (Å²) in [5.74, 6) is 1.42. The highest BCUT2D eigenvalue weighted by molar-refractivity contribution is 5.95. The molecule has 0 unspecified atom stereocenters. The van der Waals surface area contributed by atoms with Crippen LogP contribution in [-0.2, 0) is 13.6 Å². The lowest BCUT2D eigenvalue weighted by Crippen LogP contribution is -2.27. The van der Waals surface area contributed by atoms with E-state index in [1.807, 2.05) is 28.8 Å². The molecule has 2 aromatic heterocycles. The zero-order valence-electron chi connectivity index (χ0n) is 15.7. The topological polar surface area (TPSA) is 80.4 Å². The van der Waals surface area contributed by atoms with Gasteiger partial charge in [0.1, 0.15) is 11.6 Å². The van der Waals surface area contributed by atoms with Crippen molar-refractivity contribution in [3.8, 4) is 11.3 Å². The summed E-state index contributed by atoms with van der Waals surface area (Å²) in [6.07, 6.45) is 5.60. The van der Waals surface area contributed by atoms with Crippen LogP contribution in [0.5, 0.6) is 0 Å². The number of imidazole rings is 1. The number of aromatic nitrogens is 2. The third-order valence-corrected chi connectivity index (χ3v) is 4.95. The van der Waals surface area contributed by atoms with Crippen molar-refractivity contribution >= 4 is 11.8 Å². The first-order valence-corrected chi connectivity index (χ1v) is 9.36. The van der Waals surface area contributed by atoms with Crippen LogP contribution in [-0.4, -0.2) is 39.4 Å². The van der Waals surface area contributed by atoms with Crippen molar-refractivity contribution in [2.45, 2.75) is 19.4 Å². The molecule has 7 heteroatoms. The van der Waals surface area contributed by atoms with E-state index in [2.05, 4.69) is 10.3 Å². The van der Waals surface area contributed by atoms with Gasteiger partial charge in [0.2, 0.25) is 0 Å². The van der Waals surface area contributed by atoms with Crippen LogP contribution >= 0.6 is 0 Å². The number of nitrogens with one attached hydrogen (secondary N) is 1.